The Hall–Kier alpha value is -1.91. The second-order valence-electron chi connectivity index (χ2n) is 5.54. The molecule has 1 aromatic rings. The van der Waals surface area contributed by atoms with E-state index in [0.29, 0.717) is 11.8 Å². The van der Waals surface area contributed by atoms with Crippen molar-refractivity contribution < 1.29 is 18.7 Å². The number of aldehydes is 1. The normalized spacial score (nSPS) is 12.6. The Kier molecular flexibility index (Phi) is 5.67. The third-order valence-electron chi connectivity index (χ3n) is 2.53. The van der Waals surface area contributed by atoms with Crippen LogP contribution in [0.5, 0.6) is 0 Å². The molecule has 0 aromatic heterocycles. The number of rotatable bonds is 5. The third-order valence-corrected chi connectivity index (χ3v) is 2.53. The highest BCUT2D eigenvalue weighted by molar-refractivity contribution is 5.68. The minimum Gasteiger partial charge on any atom is -0.444 e. The van der Waals surface area contributed by atoms with Crippen LogP contribution in [0.4, 0.5) is 9.18 Å². The lowest BCUT2D eigenvalue weighted by Gasteiger charge is -2.23. The van der Waals surface area contributed by atoms with Crippen LogP contribution in [0.25, 0.3) is 0 Å². The second-order valence-corrected chi connectivity index (χ2v) is 5.54. The number of carbonyl (C=O) groups excluding carboxylic acids is 2. The van der Waals surface area contributed by atoms with Gasteiger partial charge in [-0.15, -0.1) is 0 Å². The van der Waals surface area contributed by atoms with Crippen molar-refractivity contribution >= 4 is 12.4 Å². The fraction of sp³-hybridized carbons (Fsp3) is 0.467. The molecule has 1 rings (SSSR count). The molecule has 0 saturated carbocycles. The summed E-state index contributed by atoms with van der Waals surface area (Å²) in [6.07, 6.45) is 0.432. The van der Waals surface area contributed by atoms with E-state index in [0.717, 1.165) is 0 Å². The van der Waals surface area contributed by atoms with Gasteiger partial charge in [-0.05, 0) is 38.8 Å². The average molecular weight is 281 g/mol. The molecule has 0 aliphatic rings. The zero-order valence-electron chi connectivity index (χ0n) is 12.0. The molecule has 1 N–H and O–H groups in total. The second kappa shape index (κ2) is 7.03. The van der Waals surface area contributed by atoms with Crippen molar-refractivity contribution in [2.75, 3.05) is 0 Å². The van der Waals surface area contributed by atoms with E-state index >= 15 is 0 Å². The number of alkyl carbamates (subject to hydrolysis) is 1. The maximum Gasteiger partial charge on any atom is 0.407 e. The Morgan fingerprint density at radius 1 is 1.40 bits per heavy atom. The summed E-state index contributed by atoms with van der Waals surface area (Å²) in [5.74, 6) is -0.352. The summed E-state index contributed by atoms with van der Waals surface area (Å²) in [5, 5.41) is 2.59. The Labute approximate surface area is 118 Å². The van der Waals surface area contributed by atoms with E-state index in [1.54, 1.807) is 39.0 Å². The largest absolute Gasteiger partial charge is 0.444 e. The lowest BCUT2D eigenvalue weighted by atomic mass is 10.0. The summed E-state index contributed by atoms with van der Waals surface area (Å²) in [6, 6.07) is 5.79. The van der Waals surface area contributed by atoms with Gasteiger partial charge in [0.15, 0.2) is 0 Å². The molecular formula is C15H20FNO3. The number of hydrogen-bond acceptors (Lipinski definition) is 3. The molecule has 5 heteroatoms. The van der Waals surface area contributed by atoms with Crippen molar-refractivity contribution in [1.29, 1.82) is 0 Å². The molecule has 0 heterocycles. The van der Waals surface area contributed by atoms with E-state index in [1.807, 2.05) is 0 Å². The number of ether oxygens (including phenoxy) is 1. The zero-order valence-corrected chi connectivity index (χ0v) is 12.0. The summed E-state index contributed by atoms with van der Waals surface area (Å²) in [4.78, 5) is 22.3. The Morgan fingerprint density at radius 3 is 2.60 bits per heavy atom. The van der Waals surface area contributed by atoms with Crippen molar-refractivity contribution in [2.45, 2.75) is 45.3 Å². The highest BCUT2D eigenvalue weighted by atomic mass is 19.1. The zero-order chi connectivity index (χ0) is 15.2. The number of hydrogen-bond donors (Lipinski definition) is 1. The number of carbonyl (C=O) groups is 2. The monoisotopic (exact) mass is 281 g/mol. The van der Waals surface area contributed by atoms with Gasteiger partial charge in [-0.2, -0.15) is 0 Å². The van der Waals surface area contributed by atoms with Crippen LogP contribution in [0.2, 0.25) is 0 Å². The van der Waals surface area contributed by atoms with E-state index in [1.165, 1.54) is 6.07 Å². The Morgan fingerprint density at radius 2 is 2.05 bits per heavy atom. The number of benzene rings is 1. The van der Waals surface area contributed by atoms with E-state index in [9.17, 15) is 14.0 Å². The molecule has 20 heavy (non-hydrogen) atoms. The first-order valence-corrected chi connectivity index (χ1v) is 6.48. The number of halogens is 1. The molecule has 0 unspecified atom stereocenters. The fourth-order valence-corrected chi connectivity index (χ4v) is 1.71. The molecule has 4 nitrogen and oxygen atoms in total. The van der Waals surface area contributed by atoms with Gasteiger partial charge in [0.1, 0.15) is 17.7 Å². The van der Waals surface area contributed by atoms with E-state index in [4.69, 9.17) is 4.74 Å². The van der Waals surface area contributed by atoms with Crippen molar-refractivity contribution in [3.05, 3.63) is 35.6 Å². The quantitative estimate of drug-likeness (QED) is 0.844. The number of nitrogens with one attached hydrogen (secondary N) is 1. The van der Waals surface area contributed by atoms with Crippen LogP contribution in [-0.2, 0) is 16.0 Å². The third kappa shape index (κ3) is 5.82. The van der Waals surface area contributed by atoms with E-state index < -0.39 is 17.7 Å². The molecule has 1 aromatic carbocycles. The first-order valence-electron chi connectivity index (χ1n) is 6.48. The highest BCUT2D eigenvalue weighted by Gasteiger charge is 2.20. The molecule has 110 valence electrons. The molecule has 0 aliphatic carbocycles. The summed E-state index contributed by atoms with van der Waals surface area (Å²) in [6.45, 7) is 5.24. The predicted molar refractivity (Wildman–Crippen MR) is 73.9 cm³/mol. The molecule has 1 atom stereocenters. The fourth-order valence-electron chi connectivity index (χ4n) is 1.71. The average Bonchev–Trinajstić information content (AvgIpc) is 2.29. The van der Waals surface area contributed by atoms with Crippen LogP contribution in [0.3, 0.4) is 0 Å². The van der Waals surface area contributed by atoms with Gasteiger partial charge in [-0.1, -0.05) is 18.2 Å². The molecular weight excluding hydrogens is 261 g/mol. The first kappa shape index (κ1) is 16.1. The minimum atomic E-state index is -0.617. The summed E-state index contributed by atoms with van der Waals surface area (Å²) >= 11 is 0. The molecule has 0 saturated heterocycles. The van der Waals surface area contributed by atoms with Gasteiger partial charge in [-0.25, -0.2) is 9.18 Å². The summed E-state index contributed by atoms with van der Waals surface area (Å²) < 4.78 is 18.7. The lowest BCUT2D eigenvalue weighted by molar-refractivity contribution is -0.108. The maximum absolute atomic E-state index is 13.6. The molecule has 0 radical (unpaired) electrons. The summed E-state index contributed by atoms with van der Waals surface area (Å²) in [5.41, 5.74) is -0.163. The first-order chi connectivity index (χ1) is 9.31. The van der Waals surface area contributed by atoms with E-state index in [2.05, 4.69) is 5.32 Å². The van der Waals surface area contributed by atoms with Gasteiger partial charge in [-0.3, -0.25) is 0 Å². The Balaban J connectivity index is 2.68. The topological polar surface area (TPSA) is 55.4 Å². The van der Waals surface area contributed by atoms with Gasteiger partial charge in [0.2, 0.25) is 0 Å². The lowest BCUT2D eigenvalue weighted by Crippen LogP contribution is -2.40. The Bertz CT molecular complexity index is 468. The van der Waals surface area contributed by atoms with Crippen molar-refractivity contribution in [3.63, 3.8) is 0 Å². The van der Waals surface area contributed by atoms with Crippen molar-refractivity contribution in [1.82, 2.24) is 5.32 Å². The van der Waals surface area contributed by atoms with Gasteiger partial charge >= 0.3 is 6.09 Å². The predicted octanol–water partition coefficient (Wildman–Crippen LogP) is 2.85. The maximum atomic E-state index is 13.6. The SMILES string of the molecule is CC(C)(C)OC(=O)N[C@@H](CC=O)Cc1ccccc1F. The molecule has 0 aliphatic heterocycles. The van der Waals surface area contributed by atoms with Gasteiger partial charge in [0.25, 0.3) is 0 Å². The standard InChI is InChI=1S/C15H20FNO3/c1-15(2,3)20-14(19)17-12(8-9-18)10-11-6-4-5-7-13(11)16/h4-7,9,12H,8,10H2,1-3H3,(H,17,19)/t12-/m0/s1. The van der Waals surface area contributed by atoms with Crippen LogP contribution in [-0.4, -0.2) is 24.0 Å². The molecule has 0 fully saturated rings. The van der Waals surface area contributed by atoms with Crippen LogP contribution >= 0.6 is 0 Å². The van der Waals surface area contributed by atoms with Gasteiger partial charge < -0.3 is 14.8 Å². The minimum absolute atomic E-state index is 0.105. The molecule has 0 spiro atoms. The van der Waals surface area contributed by atoms with Gasteiger partial charge in [0.05, 0.1) is 0 Å². The van der Waals surface area contributed by atoms with Crippen LogP contribution < -0.4 is 5.32 Å². The van der Waals surface area contributed by atoms with Crippen LogP contribution in [0.15, 0.2) is 24.3 Å². The highest BCUT2D eigenvalue weighted by Crippen LogP contribution is 2.12. The molecule has 0 bridgehead atoms. The van der Waals surface area contributed by atoms with Crippen molar-refractivity contribution in [3.8, 4) is 0 Å². The van der Waals surface area contributed by atoms with Crippen LogP contribution in [0.1, 0.15) is 32.8 Å². The number of amides is 1. The smallest absolute Gasteiger partial charge is 0.407 e. The summed E-state index contributed by atoms with van der Waals surface area (Å²) in [7, 11) is 0. The van der Waals surface area contributed by atoms with Crippen LogP contribution in [0, 0.1) is 5.82 Å². The van der Waals surface area contributed by atoms with Gasteiger partial charge in [0, 0.05) is 12.5 Å². The van der Waals surface area contributed by atoms with Crippen molar-refractivity contribution in [2.24, 2.45) is 0 Å². The molecule has 1 amide bonds. The van der Waals surface area contributed by atoms with E-state index in [-0.39, 0.29) is 18.7 Å².